The van der Waals surface area contributed by atoms with Crippen molar-refractivity contribution in [2.75, 3.05) is 39.3 Å². The Morgan fingerprint density at radius 2 is 1.92 bits per heavy atom. The quantitative estimate of drug-likeness (QED) is 0.825. The van der Waals surface area contributed by atoms with Crippen LogP contribution in [0, 0.1) is 6.92 Å². The Bertz CT molecular complexity index is 594. The molecule has 3 rings (SSSR count). The summed E-state index contributed by atoms with van der Waals surface area (Å²) in [6.45, 7) is 7.89. The molecule has 0 saturated carbocycles. The summed E-state index contributed by atoms with van der Waals surface area (Å²) < 4.78 is 0. The minimum atomic E-state index is 0.185. The van der Waals surface area contributed by atoms with Gasteiger partial charge >= 0.3 is 0 Å². The molecule has 0 aliphatic carbocycles. The first-order valence-corrected chi connectivity index (χ1v) is 8.95. The predicted molar refractivity (Wildman–Crippen MR) is 93.5 cm³/mol. The number of aryl methyl sites for hydroxylation is 1. The van der Waals surface area contributed by atoms with Crippen LogP contribution in [0.25, 0.3) is 0 Å². The third kappa shape index (κ3) is 4.35. The average molecular weight is 329 g/mol. The molecule has 1 aromatic carbocycles. The Balaban J connectivity index is 1.41. The lowest BCUT2D eigenvalue weighted by atomic mass is 10.1. The molecule has 2 heterocycles. The molecular weight excluding hydrogens is 302 g/mol. The third-order valence-electron chi connectivity index (χ3n) is 4.98. The third-order valence-corrected chi connectivity index (χ3v) is 4.98. The number of carbonyl (C=O) groups excluding carboxylic acids is 2. The van der Waals surface area contributed by atoms with Gasteiger partial charge in [0.05, 0.1) is 0 Å². The topological polar surface area (TPSA) is 43.9 Å². The SMILES string of the molecule is Cc1cccc(CN2CCN(C(=O)CCN3CCCC3=O)CC2)c1. The zero-order valence-electron chi connectivity index (χ0n) is 14.5. The van der Waals surface area contributed by atoms with Crippen LogP contribution in [0.15, 0.2) is 24.3 Å². The summed E-state index contributed by atoms with van der Waals surface area (Å²) in [6.07, 6.45) is 2.04. The van der Waals surface area contributed by atoms with Crippen LogP contribution >= 0.6 is 0 Å². The number of benzene rings is 1. The Kier molecular flexibility index (Phi) is 5.51. The summed E-state index contributed by atoms with van der Waals surface area (Å²) in [7, 11) is 0. The van der Waals surface area contributed by atoms with Crippen molar-refractivity contribution in [3.05, 3.63) is 35.4 Å². The van der Waals surface area contributed by atoms with Gasteiger partial charge in [-0.1, -0.05) is 29.8 Å². The highest BCUT2D eigenvalue weighted by Crippen LogP contribution is 2.13. The standard InChI is InChI=1S/C19H27N3O2/c1-16-4-2-5-17(14-16)15-20-10-12-22(13-11-20)19(24)7-9-21-8-3-6-18(21)23/h2,4-5,14H,3,6-13,15H2,1H3. The van der Waals surface area contributed by atoms with Crippen LogP contribution in [0.5, 0.6) is 0 Å². The van der Waals surface area contributed by atoms with Crippen LogP contribution < -0.4 is 0 Å². The number of likely N-dealkylation sites (tertiary alicyclic amines) is 1. The second kappa shape index (κ2) is 7.79. The van der Waals surface area contributed by atoms with Crippen LogP contribution in [-0.4, -0.2) is 65.8 Å². The van der Waals surface area contributed by atoms with E-state index in [4.69, 9.17) is 0 Å². The normalized spacial score (nSPS) is 19.1. The minimum absolute atomic E-state index is 0.185. The van der Waals surface area contributed by atoms with E-state index < -0.39 is 0 Å². The number of amides is 2. The van der Waals surface area contributed by atoms with Crippen LogP contribution in [0.1, 0.15) is 30.4 Å². The maximum Gasteiger partial charge on any atom is 0.224 e. The summed E-state index contributed by atoms with van der Waals surface area (Å²) >= 11 is 0. The summed E-state index contributed by atoms with van der Waals surface area (Å²) in [6, 6.07) is 8.61. The van der Waals surface area contributed by atoms with Crippen molar-refractivity contribution in [1.82, 2.24) is 14.7 Å². The molecule has 0 N–H and O–H groups in total. The molecule has 24 heavy (non-hydrogen) atoms. The second-order valence-corrected chi connectivity index (χ2v) is 6.88. The Hall–Kier alpha value is -1.88. The lowest BCUT2D eigenvalue weighted by molar-refractivity contribution is -0.134. The number of nitrogens with zero attached hydrogens (tertiary/aromatic N) is 3. The van der Waals surface area contributed by atoms with E-state index in [0.29, 0.717) is 19.4 Å². The van der Waals surface area contributed by atoms with Gasteiger partial charge in [-0.25, -0.2) is 0 Å². The molecule has 2 aliphatic heterocycles. The number of hydrogen-bond donors (Lipinski definition) is 0. The van der Waals surface area contributed by atoms with Crippen LogP contribution in [0.3, 0.4) is 0 Å². The fraction of sp³-hybridized carbons (Fsp3) is 0.579. The predicted octanol–water partition coefficient (Wildman–Crippen LogP) is 1.65. The van der Waals surface area contributed by atoms with Gasteiger partial charge in [0.25, 0.3) is 0 Å². The smallest absolute Gasteiger partial charge is 0.224 e. The maximum atomic E-state index is 12.3. The number of rotatable bonds is 5. The first-order valence-electron chi connectivity index (χ1n) is 8.95. The molecule has 1 aromatic rings. The lowest BCUT2D eigenvalue weighted by Crippen LogP contribution is -2.48. The van der Waals surface area contributed by atoms with E-state index in [1.807, 2.05) is 9.80 Å². The van der Waals surface area contributed by atoms with Crippen LogP contribution in [-0.2, 0) is 16.1 Å². The van der Waals surface area contributed by atoms with Crippen LogP contribution in [0.2, 0.25) is 0 Å². The van der Waals surface area contributed by atoms with E-state index in [-0.39, 0.29) is 11.8 Å². The van der Waals surface area contributed by atoms with Gasteiger partial charge in [0.15, 0.2) is 0 Å². The van der Waals surface area contributed by atoms with Gasteiger partial charge in [-0.05, 0) is 18.9 Å². The van der Waals surface area contributed by atoms with Gasteiger partial charge in [0.2, 0.25) is 11.8 Å². The molecule has 5 nitrogen and oxygen atoms in total. The zero-order chi connectivity index (χ0) is 16.9. The molecule has 130 valence electrons. The van der Waals surface area contributed by atoms with E-state index >= 15 is 0 Å². The molecular formula is C19H27N3O2. The first-order chi connectivity index (χ1) is 11.6. The first kappa shape index (κ1) is 17.0. The van der Waals surface area contributed by atoms with E-state index in [1.165, 1.54) is 11.1 Å². The van der Waals surface area contributed by atoms with E-state index in [0.717, 1.165) is 45.7 Å². The van der Waals surface area contributed by atoms with Crippen molar-refractivity contribution < 1.29 is 9.59 Å². The van der Waals surface area contributed by atoms with Crippen molar-refractivity contribution in [1.29, 1.82) is 0 Å². The molecule has 0 bridgehead atoms. The van der Waals surface area contributed by atoms with E-state index in [2.05, 4.69) is 36.1 Å². The van der Waals surface area contributed by atoms with Gasteiger partial charge in [0, 0.05) is 58.7 Å². The largest absolute Gasteiger partial charge is 0.342 e. The highest BCUT2D eigenvalue weighted by Gasteiger charge is 2.24. The fourth-order valence-electron chi connectivity index (χ4n) is 3.55. The maximum absolute atomic E-state index is 12.3. The van der Waals surface area contributed by atoms with Gasteiger partial charge in [-0.3, -0.25) is 14.5 Å². The average Bonchev–Trinajstić information content (AvgIpc) is 2.98. The second-order valence-electron chi connectivity index (χ2n) is 6.88. The highest BCUT2D eigenvalue weighted by atomic mass is 16.2. The Morgan fingerprint density at radius 3 is 2.58 bits per heavy atom. The molecule has 0 unspecified atom stereocenters. The van der Waals surface area contributed by atoms with Crippen molar-refractivity contribution in [2.45, 2.75) is 32.7 Å². The van der Waals surface area contributed by atoms with E-state index in [1.54, 1.807) is 0 Å². The summed E-state index contributed by atoms with van der Waals surface area (Å²) in [5.41, 5.74) is 2.63. The molecule has 2 saturated heterocycles. The fourth-order valence-corrected chi connectivity index (χ4v) is 3.55. The van der Waals surface area contributed by atoms with Crippen molar-refractivity contribution in [2.24, 2.45) is 0 Å². The summed E-state index contributed by atoms with van der Waals surface area (Å²) in [5.74, 6) is 0.385. The van der Waals surface area contributed by atoms with E-state index in [9.17, 15) is 9.59 Å². The minimum Gasteiger partial charge on any atom is -0.342 e. The zero-order valence-corrected chi connectivity index (χ0v) is 14.5. The molecule has 2 amide bonds. The number of hydrogen-bond acceptors (Lipinski definition) is 3. The van der Waals surface area contributed by atoms with Crippen LogP contribution in [0.4, 0.5) is 0 Å². The van der Waals surface area contributed by atoms with Crippen molar-refractivity contribution >= 4 is 11.8 Å². The summed E-state index contributed by atoms with van der Waals surface area (Å²) in [5, 5.41) is 0. The molecule has 0 aromatic heterocycles. The van der Waals surface area contributed by atoms with Crippen molar-refractivity contribution in [3.63, 3.8) is 0 Å². The molecule has 2 fully saturated rings. The molecule has 2 aliphatic rings. The molecule has 5 heteroatoms. The number of carbonyl (C=O) groups is 2. The molecule has 0 spiro atoms. The Morgan fingerprint density at radius 1 is 1.12 bits per heavy atom. The van der Waals surface area contributed by atoms with Crippen molar-refractivity contribution in [3.8, 4) is 0 Å². The van der Waals surface area contributed by atoms with Gasteiger partial charge in [-0.15, -0.1) is 0 Å². The molecule has 0 atom stereocenters. The van der Waals surface area contributed by atoms with Gasteiger partial charge in [0.1, 0.15) is 0 Å². The Labute approximate surface area is 144 Å². The van der Waals surface area contributed by atoms with Gasteiger partial charge < -0.3 is 9.80 Å². The highest BCUT2D eigenvalue weighted by molar-refractivity contribution is 5.80. The number of piperazine rings is 1. The summed E-state index contributed by atoms with van der Waals surface area (Å²) in [4.78, 5) is 30.1. The lowest BCUT2D eigenvalue weighted by Gasteiger charge is -2.35. The molecule has 0 radical (unpaired) electrons. The monoisotopic (exact) mass is 329 g/mol. The van der Waals surface area contributed by atoms with Gasteiger partial charge in [-0.2, -0.15) is 0 Å².